The van der Waals surface area contributed by atoms with Crippen molar-refractivity contribution in [1.29, 1.82) is 0 Å². The molecule has 0 aromatic carbocycles. The maximum absolute atomic E-state index is 9.90. The van der Waals surface area contributed by atoms with Crippen LogP contribution in [0.1, 0.15) is 40.0 Å². The zero-order valence-electron chi connectivity index (χ0n) is 8.55. The van der Waals surface area contributed by atoms with E-state index in [1.165, 1.54) is 0 Å². The average molecular weight is 251 g/mol. The Morgan fingerprint density at radius 1 is 1.46 bits per heavy atom. The zero-order valence-corrected chi connectivity index (χ0v) is 10.1. The van der Waals surface area contributed by atoms with E-state index in [9.17, 15) is 10.2 Å². The topological polar surface area (TPSA) is 40.5 Å². The van der Waals surface area contributed by atoms with E-state index in [1.54, 1.807) is 0 Å². The molecule has 0 aromatic rings. The summed E-state index contributed by atoms with van der Waals surface area (Å²) in [5.41, 5.74) is -1.23. The molecule has 1 rings (SSSR count). The maximum Gasteiger partial charge on any atom is 0.0744 e. The Kier molecular flexibility index (Phi) is 3.11. The number of hydrogen-bond donors (Lipinski definition) is 2. The lowest BCUT2D eigenvalue weighted by Crippen LogP contribution is -2.46. The molecule has 0 bridgehead atoms. The number of halogens is 1. The van der Waals surface area contributed by atoms with E-state index in [4.69, 9.17) is 0 Å². The highest BCUT2D eigenvalue weighted by molar-refractivity contribution is 9.09. The molecule has 3 unspecified atom stereocenters. The van der Waals surface area contributed by atoms with E-state index >= 15 is 0 Å². The van der Waals surface area contributed by atoms with Crippen molar-refractivity contribution in [2.45, 2.75) is 56.1 Å². The van der Waals surface area contributed by atoms with Gasteiger partial charge in [0.15, 0.2) is 0 Å². The lowest BCUT2D eigenvalue weighted by atomic mass is 9.73. The molecule has 0 aromatic heterocycles. The molecule has 3 atom stereocenters. The Bertz CT molecular complexity index is 184. The minimum Gasteiger partial charge on any atom is -0.390 e. The highest BCUT2D eigenvalue weighted by Crippen LogP contribution is 2.40. The van der Waals surface area contributed by atoms with Crippen LogP contribution in [0.4, 0.5) is 0 Å². The summed E-state index contributed by atoms with van der Waals surface area (Å²) < 4.78 is 0. The van der Waals surface area contributed by atoms with Crippen LogP contribution in [0.25, 0.3) is 0 Å². The normalized spacial score (nSPS) is 42.0. The van der Waals surface area contributed by atoms with Crippen molar-refractivity contribution < 1.29 is 10.2 Å². The molecular formula is C10H19BrO2. The van der Waals surface area contributed by atoms with Gasteiger partial charge in [-0.15, -0.1) is 0 Å². The van der Waals surface area contributed by atoms with Crippen LogP contribution in [0.5, 0.6) is 0 Å². The average Bonchev–Trinajstić information content (AvgIpc) is 1.92. The van der Waals surface area contributed by atoms with Gasteiger partial charge in [-0.1, -0.05) is 15.9 Å². The lowest BCUT2D eigenvalue weighted by Gasteiger charge is -2.42. The van der Waals surface area contributed by atoms with Crippen molar-refractivity contribution in [2.24, 2.45) is 5.92 Å². The third-order valence-corrected chi connectivity index (χ3v) is 4.52. The van der Waals surface area contributed by atoms with Crippen LogP contribution < -0.4 is 0 Å². The van der Waals surface area contributed by atoms with E-state index in [2.05, 4.69) is 15.9 Å². The molecule has 13 heavy (non-hydrogen) atoms. The van der Waals surface area contributed by atoms with Gasteiger partial charge in [-0.25, -0.2) is 0 Å². The summed E-state index contributed by atoms with van der Waals surface area (Å²) >= 11 is 3.48. The zero-order chi connectivity index (χ0) is 10.3. The van der Waals surface area contributed by atoms with Gasteiger partial charge in [-0.3, -0.25) is 0 Å². The van der Waals surface area contributed by atoms with E-state index < -0.39 is 11.2 Å². The fourth-order valence-electron chi connectivity index (χ4n) is 1.89. The molecular weight excluding hydrogens is 232 g/mol. The number of aliphatic hydroxyl groups is 2. The molecule has 1 aliphatic rings. The first-order chi connectivity index (χ1) is 5.73. The predicted octanol–water partition coefficient (Wildman–Crippen LogP) is 2.07. The minimum atomic E-state index is -0.622. The Hall–Kier alpha value is 0.400. The molecule has 2 N–H and O–H groups in total. The molecule has 78 valence electrons. The van der Waals surface area contributed by atoms with Gasteiger partial charge in [0.1, 0.15) is 0 Å². The molecule has 1 aliphatic carbocycles. The summed E-state index contributed by atoms with van der Waals surface area (Å²) in [5, 5.41) is 19.7. The van der Waals surface area contributed by atoms with Crippen molar-refractivity contribution in [1.82, 2.24) is 0 Å². The van der Waals surface area contributed by atoms with E-state index in [-0.39, 0.29) is 10.7 Å². The standard InChI is InChI=1S/C10H19BrO2/c1-9(2,12)7-4-5-10(3,13)8(11)6-7/h7-8,12-13H,4-6H2,1-3H3. The van der Waals surface area contributed by atoms with Gasteiger partial charge in [0.05, 0.1) is 11.2 Å². The van der Waals surface area contributed by atoms with E-state index in [1.807, 2.05) is 20.8 Å². The Balaban J connectivity index is 2.61. The molecule has 0 aliphatic heterocycles. The maximum atomic E-state index is 9.90. The molecule has 0 radical (unpaired) electrons. The van der Waals surface area contributed by atoms with Gasteiger partial charge in [0.25, 0.3) is 0 Å². The number of hydrogen-bond acceptors (Lipinski definition) is 2. The first kappa shape index (κ1) is 11.5. The smallest absolute Gasteiger partial charge is 0.0744 e. The van der Waals surface area contributed by atoms with Gasteiger partial charge in [-0.05, 0) is 46.0 Å². The third-order valence-electron chi connectivity index (χ3n) is 3.16. The van der Waals surface area contributed by atoms with Crippen LogP contribution >= 0.6 is 15.9 Å². The van der Waals surface area contributed by atoms with Crippen LogP contribution in [-0.4, -0.2) is 26.2 Å². The van der Waals surface area contributed by atoms with Gasteiger partial charge in [0.2, 0.25) is 0 Å². The SMILES string of the molecule is CC(C)(O)C1CCC(C)(O)C(Br)C1. The van der Waals surface area contributed by atoms with Crippen molar-refractivity contribution >= 4 is 15.9 Å². The largest absolute Gasteiger partial charge is 0.390 e. The first-order valence-corrected chi connectivity index (χ1v) is 5.74. The quantitative estimate of drug-likeness (QED) is 0.700. The lowest BCUT2D eigenvalue weighted by molar-refractivity contribution is -0.0454. The van der Waals surface area contributed by atoms with Crippen molar-refractivity contribution in [3.63, 3.8) is 0 Å². The molecule has 0 amide bonds. The van der Waals surface area contributed by atoms with Crippen LogP contribution in [0, 0.1) is 5.92 Å². The van der Waals surface area contributed by atoms with Crippen LogP contribution in [0.3, 0.4) is 0 Å². The summed E-state index contributed by atoms with van der Waals surface area (Å²) in [7, 11) is 0. The molecule has 2 nitrogen and oxygen atoms in total. The molecule has 1 fully saturated rings. The van der Waals surface area contributed by atoms with Gasteiger partial charge in [0, 0.05) is 4.83 Å². The summed E-state index contributed by atoms with van der Waals surface area (Å²) in [4.78, 5) is 0.102. The van der Waals surface area contributed by atoms with Gasteiger partial charge < -0.3 is 10.2 Å². The van der Waals surface area contributed by atoms with Crippen LogP contribution in [0.15, 0.2) is 0 Å². The van der Waals surface area contributed by atoms with Crippen LogP contribution in [-0.2, 0) is 0 Å². The molecule has 0 spiro atoms. The fraction of sp³-hybridized carbons (Fsp3) is 1.00. The Morgan fingerprint density at radius 2 is 2.00 bits per heavy atom. The Morgan fingerprint density at radius 3 is 2.38 bits per heavy atom. The fourth-order valence-corrected chi connectivity index (χ4v) is 2.57. The highest BCUT2D eigenvalue weighted by Gasteiger charge is 2.41. The number of rotatable bonds is 1. The van der Waals surface area contributed by atoms with Crippen molar-refractivity contribution in [2.75, 3.05) is 0 Å². The van der Waals surface area contributed by atoms with Gasteiger partial charge in [-0.2, -0.15) is 0 Å². The minimum absolute atomic E-state index is 0.102. The van der Waals surface area contributed by atoms with Crippen LogP contribution in [0.2, 0.25) is 0 Å². The van der Waals surface area contributed by atoms with Gasteiger partial charge >= 0.3 is 0 Å². The van der Waals surface area contributed by atoms with Crippen molar-refractivity contribution in [3.8, 4) is 0 Å². The second-order valence-corrected chi connectivity index (χ2v) is 6.05. The van der Waals surface area contributed by atoms with Crippen molar-refractivity contribution in [3.05, 3.63) is 0 Å². The Labute approximate surface area is 88.5 Å². The number of alkyl halides is 1. The summed E-state index contributed by atoms with van der Waals surface area (Å²) in [5.74, 6) is 0.289. The molecule has 0 saturated heterocycles. The predicted molar refractivity (Wildman–Crippen MR) is 57.0 cm³/mol. The highest BCUT2D eigenvalue weighted by atomic mass is 79.9. The summed E-state index contributed by atoms with van der Waals surface area (Å²) in [6, 6.07) is 0. The summed E-state index contributed by atoms with van der Waals surface area (Å²) in [6.45, 7) is 5.54. The molecule has 0 heterocycles. The molecule has 1 saturated carbocycles. The second-order valence-electron chi connectivity index (χ2n) is 4.95. The molecule has 3 heteroatoms. The summed E-state index contributed by atoms with van der Waals surface area (Å²) in [6.07, 6.45) is 2.51. The monoisotopic (exact) mass is 250 g/mol. The first-order valence-electron chi connectivity index (χ1n) is 4.82. The third kappa shape index (κ3) is 2.67. The second kappa shape index (κ2) is 3.52. The van der Waals surface area contributed by atoms with E-state index in [0.717, 1.165) is 19.3 Å². The van der Waals surface area contributed by atoms with E-state index in [0.29, 0.717) is 0 Å².